The lowest BCUT2D eigenvalue weighted by molar-refractivity contribution is 1.15. The second kappa shape index (κ2) is 4.87. The van der Waals surface area contributed by atoms with Crippen molar-refractivity contribution >= 4 is 17.2 Å². The molecule has 0 aliphatic rings. The molecule has 0 radical (unpaired) electrons. The summed E-state index contributed by atoms with van der Waals surface area (Å²) in [6.45, 7) is 2.01. The number of para-hydroxylation sites is 1. The molecule has 0 aliphatic carbocycles. The first-order valence-electron chi connectivity index (χ1n) is 5.69. The van der Waals surface area contributed by atoms with Crippen LogP contribution in [-0.2, 0) is 0 Å². The molecule has 0 fully saturated rings. The van der Waals surface area contributed by atoms with Crippen LogP contribution in [0, 0.1) is 12.3 Å². The molecule has 1 heterocycles. The monoisotopic (exact) mass is 240 g/mol. The van der Waals surface area contributed by atoms with Gasteiger partial charge in [0.25, 0.3) is 0 Å². The molecule has 0 aliphatic heterocycles. The molecule has 0 saturated carbocycles. The largest absolute Gasteiger partial charge is 0.384 e. The van der Waals surface area contributed by atoms with Crippen molar-refractivity contribution in [1.29, 1.82) is 5.41 Å². The molecule has 1 aromatic heterocycles. The number of aryl methyl sites for hydroxylation is 1. The molecule has 4 heteroatoms. The van der Waals surface area contributed by atoms with Crippen LogP contribution < -0.4 is 10.6 Å². The first-order valence-corrected chi connectivity index (χ1v) is 5.69. The van der Waals surface area contributed by atoms with Crippen molar-refractivity contribution < 1.29 is 0 Å². The van der Waals surface area contributed by atoms with Crippen molar-refractivity contribution in [1.82, 2.24) is 4.98 Å². The number of nitrogens with zero attached hydrogens (tertiary/aromatic N) is 2. The molecule has 2 rings (SSSR count). The van der Waals surface area contributed by atoms with Gasteiger partial charge >= 0.3 is 0 Å². The van der Waals surface area contributed by atoms with Crippen LogP contribution in [0.25, 0.3) is 0 Å². The predicted octanol–water partition coefficient (Wildman–Crippen LogP) is 2.44. The molecule has 4 nitrogen and oxygen atoms in total. The van der Waals surface area contributed by atoms with Gasteiger partial charge in [0, 0.05) is 30.7 Å². The van der Waals surface area contributed by atoms with E-state index in [0.29, 0.717) is 0 Å². The molecule has 92 valence electrons. The quantitative estimate of drug-likeness (QED) is 0.639. The number of amidine groups is 1. The Balaban J connectivity index is 2.50. The highest BCUT2D eigenvalue weighted by molar-refractivity contribution is 6.01. The van der Waals surface area contributed by atoms with Crippen LogP contribution in [0.1, 0.15) is 11.1 Å². The van der Waals surface area contributed by atoms with Gasteiger partial charge in [-0.25, -0.2) is 0 Å². The van der Waals surface area contributed by atoms with Crippen molar-refractivity contribution in [2.75, 3.05) is 11.9 Å². The first-order chi connectivity index (χ1) is 8.61. The summed E-state index contributed by atoms with van der Waals surface area (Å²) in [6.07, 6.45) is 3.58. The molecular formula is C14H16N4. The summed E-state index contributed by atoms with van der Waals surface area (Å²) < 4.78 is 0. The summed E-state index contributed by atoms with van der Waals surface area (Å²) >= 11 is 0. The van der Waals surface area contributed by atoms with Crippen molar-refractivity contribution in [2.24, 2.45) is 5.73 Å². The first kappa shape index (κ1) is 12.1. The second-order valence-electron chi connectivity index (χ2n) is 4.15. The van der Waals surface area contributed by atoms with E-state index in [1.165, 1.54) is 0 Å². The smallest absolute Gasteiger partial charge is 0.124 e. The van der Waals surface area contributed by atoms with E-state index < -0.39 is 0 Å². The summed E-state index contributed by atoms with van der Waals surface area (Å²) in [5, 5.41) is 7.62. The number of rotatable bonds is 3. The highest BCUT2D eigenvalue weighted by Crippen LogP contribution is 2.28. The Morgan fingerprint density at radius 1 is 1.22 bits per heavy atom. The molecule has 3 N–H and O–H groups in total. The van der Waals surface area contributed by atoms with Gasteiger partial charge in [0.15, 0.2) is 0 Å². The lowest BCUT2D eigenvalue weighted by Gasteiger charge is -2.23. The number of hydrogen-bond donors (Lipinski definition) is 2. The number of nitrogens with two attached hydrogens (primary N) is 1. The van der Waals surface area contributed by atoms with E-state index in [9.17, 15) is 0 Å². The minimum absolute atomic E-state index is 0.0733. The van der Waals surface area contributed by atoms with Crippen LogP contribution in [0.15, 0.2) is 42.7 Å². The maximum atomic E-state index is 7.62. The molecule has 1 aromatic carbocycles. The van der Waals surface area contributed by atoms with Crippen molar-refractivity contribution in [2.45, 2.75) is 6.92 Å². The summed E-state index contributed by atoms with van der Waals surface area (Å²) in [6, 6.07) is 9.58. The number of hydrogen-bond acceptors (Lipinski definition) is 3. The maximum Gasteiger partial charge on any atom is 0.124 e. The van der Waals surface area contributed by atoms with E-state index in [4.69, 9.17) is 11.1 Å². The van der Waals surface area contributed by atoms with Gasteiger partial charge in [-0.3, -0.25) is 10.4 Å². The molecule has 0 bridgehead atoms. The zero-order chi connectivity index (χ0) is 13.1. The van der Waals surface area contributed by atoms with Crippen LogP contribution >= 0.6 is 0 Å². The number of aromatic nitrogens is 1. The zero-order valence-electron chi connectivity index (χ0n) is 10.5. The Bertz CT molecular complexity index is 578. The van der Waals surface area contributed by atoms with Crippen LogP contribution in [0.3, 0.4) is 0 Å². The standard InChI is InChI=1S/C14H16N4/c1-10-9-17-8-7-12(10)18(2)13-6-4-3-5-11(13)14(15)16/h3-9H,1-2H3,(H3,15,16). The Hall–Kier alpha value is -2.36. The Labute approximate surface area is 107 Å². The van der Waals surface area contributed by atoms with E-state index in [1.807, 2.05) is 55.4 Å². The van der Waals surface area contributed by atoms with E-state index in [2.05, 4.69) is 4.98 Å². The molecule has 18 heavy (non-hydrogen) atoms. The fourth-order valence-corrected chi connectivity index (χ4v) is 1.97. The Kier molecular flexibility index (Phi) is 3.28. The summed E-state index contributed by atoms with van der Waals surface area (Å²) in [4.78, 5) is 6.11. The van der Waals surface area contributed by atoms with E-state index in [-0.39, 0.29) is 5.84 Å². The SMILES string of the molecule is Cc1cnccc1N(C)c1ccccc1C(=N)N. The minimum atomic E-state index is 0.0733. The van der Waals surface area contributed by atoms with Gasteiger partial charge in [-0.1, -0.05) is 12.1 Å². The number of benzene rings is 1. The molecule has 0 atom stereocenters. The highest BCUT2D eigenvalue weighted by Gasteiger charge is 2.12. The highest BCUT2D eigenvalue weighted by atomic mass is 15.1. The third kappa shape index (κ3) is 2.18. The zero-order valence-corrected chi connectivity index (χ0v) is 10.5. The maximum absolute atomic E-state index is 7.62. The summed E-state index contributed by atoms with van der Waals surface area (Å²) in [7, 11) is 1.96. The molecule has 0 spiro atoms. The third-order valence-electron chi connectivity index (χ3n) is 2.91. The summed E-state index contributed by atoms with van der Waals surface area (Å²) in [5.74, 6) is 0.0733. The van der Waals surface area contributed by atoms with Gasteiger partial charge in [0.05, 0.1) is 5.69 Å². The van der Waals surface area contributed by atoms with Crippen molar-refractivity contribution in [3.05, 3.63) is 53.9 Å². The summed E-state index contributed by atoms with van der Waals surface area (Å²) in [5.41, 5.74) is 9.40. The van der Waals surface area contributed by atoms with Crippen LogP contribution in [-0.4, -0.2) is 17.9 Å². The number of anilines is 2. The van der Waals surface area contributed by atoms with Crippen LogP contribution in [0.4, 0.5) is 11.4 Å². The molecule has 2 aromatic rings. The van der Waals surface area contributed by atoms with Crippen molar-refractivity contribution in [3.63, 3.8) is 0 Å². The lowest BCUT2D eigenvalue weighted by Crippen LogP contribution is -2.19. The van der Waals surface area contributed by atoms with Gasteiger partial charge in [-0.15, -0.1) is 0 Å². The average Bonchev–Trinajstić information content (AvgIpc) is 2.38. The third-order valence-corrected chi connectivity index (χ3v) is 2.91. The molecule has 0 unspecified atom stereocenters. The van der Waals surface area contributed by atoms with Crippen LogP contribution in [0.5, 0.6) is 0 Å². The normalized spacial score (nSPS) is 10.1. The van der Waals surface area contributed by atoms with E-state index in [0.717, 1.165) is 22.5 Å². The van der Waals surface area contributed by atoms with Gasteiger partial charge in [-0.2, -0.15) is 0 Å². The number of nitrogen functional groups attached to an aromatic ring is 1. The van der Waals surface area contributed by atoms with E-state index >= 15 is 0 Å². The van der Waals surface area contributed by atoms with E-state index in [1.54, 1.807) is 6.20 Å². The second-order valence-corrected chi connectivity index (χ2v) is 4.15. The molecule has 0 saturated heterocycles. The number of pyridine rings is 1. The number of nitrogens with one attached hydrogen (secondary N) is 1. The minimum Gasteiger partial charge on any atom is -0.384 e. The fraction of sp³-hybridized carbons (Fsp3) is 0.143. The van der Waals surface area contributed by atoms with Crippen molar-refractivity contribution in [3.8, 4) is 0 Å². The molecule has 0 amide bonds. The van der Waals surface area contributed by atoms with Crippen LogP contribution in [0.2, 0.25) is 0 Å². The van der Waals surface area contributed by atoms with Gasteiger partial charge in [0.1, 0.15) is 5.84 Å². The van der Waals surface area contributed by atoms with Gasteiger partial charge in [0.2, 0.25) is 0 Å². The fourth-order valence-electron chi connectivity index (χ4n) is 1.97. The molecular weight excluding hydrogens is 224 g/mol. The average molecular weight is 240 g/mol. The van der Waals surface area contributed by atoms with Gasteiger partial charge < -0.3 is 10.6 Å². The lowest BCUT2D eigenvalue weighted by atomic mass is 10.1. The Morgan fingerprint density at radius 2 is 1.94 bits per heavy atom. The Morgan fingerprint density at radius 3 is 2.61 bits per heavy atom. The predicted molar refractivity (Wildman–Crippen MR) is 74.5 cm³/mol. The topological polar surface area (TPSA) is 66.0 Å². The van der Waals surface area contributed by atoms with Gasteiger partial charge in [-0.05, 0) is 30.7 Å².